The Morgan fingerprint density at radius 1 is 0.970 bits per heavy atom. The highest BCUT2D eigenvalue weighted by atomic mass is 32.2. The maximum Gasteiger partial charge on any atom is 0.337 e. The minimum Gasteiger partial charge on any atom is -0.465 e. The number of nitrogens with zero attached hydrogens (tertiary/aromatic N) is 1. The van der Waals surface area contributed by atoms with Gasteiger partial charge < -0.3 is 9.64 Å². The molecule has 0 spiro atoms. The Morgan fingerprint density at radius 3 is 2.33 bits per heavy atom. The average molecular weight is 490 g/mol. The Morgan fingerprint density at radius 2 is 1.64 bits per heavy atom. The van der Waals surface area contributed by atoms with Crippen molar-refractivity contribution in [1.82, 2.24) is 0 Å². The summed E-state index contributed by atoms with van der Waals surface area (Å²) in [6.07, 6.45) is 4.69. The smallest absolute Gasteiger partial charge is 0.337 e. The first kappa shape index (κ1) is 22.3. The molecule has 2 aliphatic heterocycles. The zero-order valence-corrected chi connectivity index (χ0v) is 21.2. The van der Waals surface area contributed by atoms with Gasteiger partial charge in [0.1, 0.15) is 0 Å². The molecule has 166 valence electrons. The predicted octanol–water partition coefficient (Wildman–Crippen LogP) is 6.81. The summed E-state index contributed by atoms with van der Waals surface area (Å²) >= 11 is 3.75. The molecule has 0 bridgehead atoms. The molecule has 0 fully saturated rings. The molecule has 0 N–H and O–H groups in total. The lowest BCUT2D eigenvalue weighted by atomic mass is 10.0. The highest BCUT2D eigenvalue weighted by molar-refractivity contribution is 8.09. The van der Waals surface area contributed by atoms with Gasteiger partial charge >= 0.3 is 5.97 Å². The quantitative estimate of drug-likeness (QED) is 0.297. The van der Waals surface area contributed by atoms with E-state index in [9.17, 15) is 4.79 Å². The minimum absolute atomic E-state index is 0.299. The molecule has 0 amide bonds. The topological polar surface area (TPSA) is 29.5 Å². The molecule has 2 heterocycles. The number of hydrogen-bond donors (Lipinski definition) is 0. The molecule has 2 atom stereocenters. The highest BCUT2D eigenvalue weighted by Crippen LogP contribution is 2.55. The molecule has 6 heteroatoms. The van der Waals surface area contributed by atoms with E-state index in [0.29, 0.717) is 10.6 Å². The largest absolute Gasteiger partial charge is 0.465 e. The fourth-order valence-corrected chi connectivity index (χ4v) is 9.25. The Bertz CT molecular complexity index is 1270. The molecule has 33 heavy (non-hydrogen) atoms. The van der Waals surface area contributed by atoms with Crippen molar-refractivity contribution in [3.05, 3.63) is 101 Å². The van der Waals surface area contributed by atoms with Crippen LogP contribution < -0.4 is 10.2 Å². The van der Waals surface area contributed by atoms with Crippen LogP contribution in [0.4, 0.5) is 5.69 Å². The molecule has 0 radical (unpaired) electrons. The monoisotopic (exact) mass is 489 g/mol. The highest BCUT2D eigenvalue weighted by Gasteiger charge is 2.29. The van der Waals surface area contributed by atoms with Crippen molar-refractivity contribution in [3.8, 4) is 0 Å². The summed E-state index contributed by atoms with van der Waals surface area (Å²) in [4.78, 5) is 17.2. The van der Waals surface area contributed by atoms with Gasteiger partial charge in [-0.15, -0.1) is 11.8 Å². The maximum absolute atomic E-state index is 11.9. The second-order valence-corrected chi connectivity index (χ2v) is 12.7. The molecular weight excluding hydrogens is 465 g/mol. The third-order valence-corrected chi connectivity index (χ3v) is 11.5. The Hall–Kier alpha value is -2.46. The maximum atomic E-state index is 11.9. The van der Waals surface area contributed by atoms with Crippen LogP contribution >= 0.6 is 31.4 Å². The van der Waals surface area contributed by atoms with Crippen LogP contribution in [0.2, 0.25) is 0 Å². The third kappa shape index (κ3) is 4.38. The molecule has 0 aliphatic carbocycles. The van der Waals surface area contributed by atoms with Gasteiger partial charge in [0, 0.05) is 16.8 Å². The molecule has 2 aliphatic rings. The number of rotatable bonds is 4. The van der Waals surface area contributed by atoms with Crippen molar-refractivity contribution >= 4 is 54.0 Å². The molecule has 0 saturated heterocycles. The molecular formula is C27H24NO2PS2. The van der Waals surface area contributed by atoms with Gasteiger partial charge in [-0.1, -0.05) is 68.2 Å². The van der Waals surface area contributed by atoms with E-state index < -0.39 is 0 Å². The number of allylic oxidation sites excluding steroid dienone is 2. The van der Waals surface area contributed by atoms with Gasteiger partial charge in [-0.05, 0) is 59.5 Å². The number of esters is 1. The van der Waals surface area contributed by atoms with Gasteiger partial charge in [0.15, 0.2) is 0 Å². The summed E-state index contributed by atoms with van der Waals surface area (Å²) in [7, 11) is 3.23. The summed E-state index contributed by atoms with van der Waals surface area (Å²) in [6, 6.07) is 25.0. The van der Waals surface area contributed by atoms with Crippen LogP contribution in [0.5, 0.6) is 0 Å². The minimum atomic E-state index is -0.314. The zero-order valence-electron chi connectivity index (χ0n) is 18.7. The fourth-order valence-electron chi connectivity index (χ4n) is 4.02. The van der Waals surface area contributed by atoms with Crippen LogP contribution in [-0.2, 0) is 4.74 Å². The van der Waals surface area contributed by atoms with Gasteiger partial charge in [0.05, 0.1) is 28.4 Å². The van der Waals surface area contributed by atoms with E-state index in [1.165, 1.54) is 38.5 Å². The lowest BCUT2D eigenvalue weighted by Gasteiger charge is -2.17. The Balaban J connectivity index is 1.53. The van der Waals surface area contributed by atoms with Crippen molar-refractivity contribution in [3.63, 3.8) is 0 Å². The fraction of sp³-hybridized carbons (Fsp3) is 0.148. The van der Waals surface area contributed by atoms with E-state index in [2.05, 4.69) is 79.3 Å². The normalized spacial score (nSPS) is 20.6. The summed E-state index contributed by atoms with van der Waals surface area (Å²) in [5, 5.41) is 2.67. The second kappa shape index (κ2) is 9.42. The third-order valence-electron chi connectivity index (χ3n) is 5.89. The van der Waals surface area contributed by atoms with E-state index in [1.54, 1.807) is 11.8 Å². The van der Waals surface area contributed by atoms with Crippen LogP contribution in [0.25, 0.3) is 5.57 Å². The van der Waals surface area contributed by atoms with E-state index in [0.717, 1.165) is 5.56 Å². The average Bonchev–Trinajstić information content (AvgIpc) is 3.34. The van der Waals surface area contributed by atoms with Gasteiger partial charge in [0.2, 0.25) is 0 Å². The number of benzene rings is 3. The lowest BCUT2D eigenvalue weighted by molar-refractivity contribution is 0.0600. The van der Waals surface area contributed by atoms with Crippen LogP contribution in [-0.4, -0.2) is 31.8 Å². The number of ether oxygens (including phenoxy) is 1. The number of carbonyl (C=O) groups is 1. The number of methoxy groups -OCH3 is 1. The van der Waals surface area contributed by atoms with Crippen molar-refractivity contribution in [2.45, 2.75) is 14.8 Å². The van der Waals surface area contributed by atoms with Crippen molar-refractivity contribution in [2.75, 3.05) is 25.7 Å². The van der Waals surface area contributed by atoms with Crippen molar-refractivity contribution in [1.29, 1.82) is 0 Å². The molecule has 0 aromatic heterocycles. The van der Waals surface area contributed by atoms with Gasteiger partial charge in [0.25, 0.3) is 0 Å². The van der Waals surface area contributed by atoms with E-state index in [1.807, 2.05) is 36.0 Å². The number of carbonyl (C=O) groups excluding carboxylic acids is 1. The summed E-state index contributed by atoms with van der Waals surface area (Å²) in [5.41, 5.74) is 4.07. The van der Waals surface area contributed by atoms with Gasteiger partial charge in [-0.2, -0.15) is 0 Å². The SMILES string of the molecule is COC(=O)c1ccc(C(=CC2Sc3ccccc3P2C)C=C2Sc3ccccc3N2C)cc1. The second-order valence-electron chi connectivity index (χ2n) is 7.89. The molecule has 3 aromatic rings. The molecule has 5 rings (SSSR count). The summed E-state index contributed by atoms with van der Waals surface area (Å²) < 4.78 is 4.88. The number of hydrogen-bond acceptors (Lipinski definition) is 5. The lowest BCUT2D eigenvalue weighted by Crippen LogP contribution is -2.09. The van der Waals surface area contributed by atoms with Crippen LogP contribution in [0, 0.1) is 0 Å². The van der Waals surface area contributed by atoms with Crippen LogP contribution in [0.1, 0.15) is 15.9 Å². The molecule has 3 nitrogen and oxygen atoms in total. The molecule has 3 aromatic carbocycles. The number of fused-ring (bicyclic) bond motifs is 2. The standard InChI is InChI=1S/C27H24NO2PS2/c1-28-21-8-4-6-10-23(21)32-25(28)16-20(18-12-14-19(15-13-18)27(29)30-2)17-26-31(3)22-9-5-7-11-24(22)33-26/h4-17,26H,1-3H3. The van der Waals surface area contributed by atoms with Gasteiger partial charge in [-0.25, -0.2) is 4.79 Å². The van der Waals surface area contributed by atoms with Crippen LogP contribution in [0.15, 0.2) is 99.8 Å². The summed E-state index contributed by atoms with van der Waals surface area (Å²) in [5.74, 6) is -0.314. The Labute approximate surface area is 204 Å². The molecule has 0 saturated carbocycles. The predicted molar refractivity (Wildman–Crippen MR) is 143 cm³/mol. The summed E-state index contributed by atoms with van der Waals surface area (Å²) in [6.45, 7) is 2.37. The Kier molecular flexibility index (Phi) is 6.38. The first-order valence-electron chi connectivity index (χ1n) is 10.7. The van der Waals surface area contributed by atoms with E-state index in [4.69, 9.17) is 4.74 Å². The zero-order chi connectivity index (χ0) is 22.9. The van der Waals surface area contributed by atoms with E-state index in [-0.39, 0.29) is 13.9 Å². The van der Waals surface area contributed by atoms with Crippen LogP contribution in [0.3, 0.4) is 0 Å². The van der Waals surface area contributed by atoms with E-state index >= 15 is 0 Å². The number of thioether (sulfide) groups is 2. The number of anilines is 1. The van der Waals surface area contributed by atoms with Gasteiger partial charge in [-0.3, -0.25) is 0 Å². The molecule has 2 unspecified atom stereocenters. The van der Waals surface area contributed by atoms with Crippen molar-refractivity contribution in [2.24, 2.45) is 0 Å². The first-order valence-corrected chi connectivity index (χ1v) is 14.2. The first-order chi connectivity index (χ1) is 16.0. The number of para-hydroxylation sites is 1. The van der Waals surface area contributed by atoms with Crippen molar-refractivity contribution < 1.29 is 9.53 Å².